The van der Waals surface area contributed by atoms with Crippen molar-refractivity contribution in [2.24, 2.45) is 0 Å². The van der Waals surface area contributed by atoms with Crippen molar-refractivity contribution in [1.82, 2.24) is 9.78 Å². The van der Waals surface area contributed by atoms with Gasteiger partial charge in [-0.2, -0.15) is 0 Å². The first kappa shape index (κ1) is 8.07. The summed E-state index contributed by atoms with van der Waals surface area (Å²) in [5.41, 5.74) is 0.880. The molecule has 0 fully saturated rings. The summed E-state index contributed by atoms with van der Waals surface area (Å²) in [5, 5.41) is 2.66. The lowest BCUT2D eigenvalue weighted by Crippen LogP contribution is -2.10. The Hall–Kier alpha value is -1.03. The van der Waals surface area contributed by atoms with Crippen LogP contribution in [-0.2, 0) is 11.3 Å². The van der Waals surface area contributed by atoms with Gasteiger partial charge in [0, 0.05) is 18.9 Å². The molecule has 0 unspecified atom stereocenters. The van der Waals surface area contributed by atoms with Gasteiger partial charge in [0.15, 0.2) is 0 Å². The molecule has 0 atom stereocenters. The average Bonchev–Trinajstić information content (AvgIpc) is 2.26. The average molecular weight is 156 g/mol. The number of H-pyrrole nitrogens is 1. The van der Waals surface area contributed by atoms with E-state index in [0.29, 0.717) is 13.2 Å². The van der Waals surface area contributed by atoms with Crippen molar-refractivity contribution in [2.75, 3.05) is 13.7 Å². The second-order valence-corrected chi connectivity index (χ2v) is 2.41. The Bertz CT molecular complexity index is 274. The molecule has 11 heavy (non-hydrogen) atoms. The molecule has 0 aromatic carbocycles. The predicted molar refractivity (Wildman–Crippen MR) is 41.7 cm³/mol. The van der Waals surface area contributed by atoms with E-state index in [4.69, 9.17) is 4.74 Å². The van der Waals surface area contributed by atoms with Gasteiger partial charge in [0.25, 0.3) is 5.56 Å². The first-order valence-corrected chi connectivity index (χ1v) is 3.49. The molecule has 0 radical (unpaired) electrons. The topological polar surface area (TPSA) is 47.0 Å². The number of aryl methyl sites for hydroxylation is 1. The van der Waals surface area contributed by atoms with E-state index in [9.17, 15) is 4.79 Å². The minimum atomic E-state index is -0.0568. The summed E-state index contributed by atoms with van der Waals surface area (Å²) in [6.45, 7) is 3.20. The lowest BCUT2D eigenvalue weighted by molar-refractivity contribution is 0.182. The predicted octanol–water partition coefficient (Wildman–Crippen LogP) is 0.131. The summed E-state index contributed by atoms with van der Waals surface area (Å²) >= 11 is 0. The monoisotopic (exact) mass is 156 g/mol. The number of ether oxygens (including phenoxy) is 1. The molecule has 0 bridgehead atoms. The van der Waals surface area contributed by atoms with E-state index >= 15 is 0 Å². The maximum atomic E-state index is 10.8. The van der Waals surface area contributed by atoms with Crippen molar-refractivity contribution < 1.29 is 4.74 Å². The molecule has 1 rings (SSSR count). The summed E-state index contributed by atoms with van der Waals surface area (Å²) in [4.78, 5) is 10.8. The highest BCUT2D eigenvalue weighted by Gasteiger charge is 1.96. The zero-order chi connectivity index (χ0) is 8.27. The molecular weight excluding hydrogens is 144 g/mol. The molecular formula is C7H12N2O2. The summed E-state index contributed by atoms with van der Waals surface area (Å²) in [7, 11) is 1.64. The van der Waals surface area contributed by atoms with E-state index in [1.807, 2.05) is 6.92 Å². The van der Waals surface area contributed by atoms with Crippen LogP contribution in [0.25, 0.3) is 0 Å². The lowest BCUT2D eigenvalue weighted by atomic mass is 10.5. The molecule has 0 saturated carbocycles. The van der Waals surface area contributed by atoms with Crippen LogP contribution in [0.1, 0.15) is 5.69 Å². The van der Waals surface area contributed by atoms with Crippen LogP contribution < -0.4 is 5.56 Å². The Morgan fingerprint density at radius 3 is 2.91 bits per heavy atom. The van der Waals surface area contributed by atoms with Crippen LogP contribution in [0.3, 0.4) is 0 Å². The van der Waals surface area contributed by atoms with Crippen LogP contribution in [-0.4, -0.2) is 23.5 Å². The zero-order valence-corrected chi connectivity index (χ0v) is 6.76. The van der Waals surface area contributed by atoms with Crippen molar-refractivity contribution in [3.63, 3.8) is 0 Å². The van der Waals surface area contributed by atoms with Gasteiger partial charge in [-0.25, -0.2) is 0 Å². The van der Waals surface area contributed by atoms with Crippen LogP contribution in [0.2, 0.25) is 0 Å². The van der Waals surface area contributed by atoms with Gasteiger partial charge in [0.1, 0.15) is 0 Å². The second kappa shape index (κ2) is 3.39. The highest BCUT2D eigenvalue weighted by molar-refractivity contribution is 4.96. The molecule has 1 N–H and O–H groups in total. The quantitative estimate of drug-likeness (QED) is 0.676. The summed E-state index contributed by atoms with van der Waals surface area (Å²) in [6, 6.07) is 1.57. The Kier molecular flexibility index (Phi) is 2.48. The first-order valence-electron chi connectivity index (χ1n) is 3.49. The van der Waals surface area contributed by atoms with E-state index in [0.717, 1.165) is 5.69 Å². The fourth-order valence-corrected chi connectivity index (χ4v) is 0.936. The van der Waals surface area contributed by atoms with Crippen LogP contribution in [0.4, 0.5) is 0 Å². The molecule has 0 saturated heterocycles. The minimum Gasteiger partial charge on any atom is -0.383 e. The smallest absolute Gasteiger partial charge is 0.264 e. The Morgan fingerprint density at radius 2 is 2.45 bits per heavy atom. The van der Waals surface area contributed by atoms with Crippen molar-refractivity contribution in [3.05, 3.63) is 22.1 Å². The minimum absolute atomic E-state index is 0.0568. The summed E-state index contributed by atoms with van der Waals surface area (Å²) in [5.74, 6) is 0. The van der Waals surface area contributed by atoms with Crippen molar-refractivity contribution >= 4 is 0 Å². The van der Waals surface area contributed by atoms with Gasteiger partial charge in [-0.15, -0.1) is 0 Å². The zero-order valence-electron chi connectivity index (χ0n) is 6.76. The summed E-state index contributed by atoms with van der Waals surface area (Å²) < 4.78 is 6.64. The number of nitrogens with zero attached hydrogens (tertiary/aromatic N) is 1. The van der Waals surface area contributed by atoms with Crippen molar-refractivity contribution in [3.8, 4) is 0 Å². The fraction of sp³-hybridized carbons (Fsp3) is 0.571. The number of aromatic amines is 1. The molecule has 0 aliphatic heterocycles. The molecule has 1 heterocycles. The van der Waals surface area contributed by atoms with Crippen LogP contribution in [0.15, 0.2) is 10.9 Å². The van der Waals surface area contributed by atoms with Gasteiger partial charge >= 0.3 is 0 Å². The fourth-order valence-electron chi connectivity index (χ4n) is 0.936. The van der Waals surface area contributed by atoms with E-state index in [-0.39, 0.29) is 5.56 Å². The Balaban J connectivity index is 2.69. The van der Waals surface area contributed by atoms with Gasteiger partial charge in [0.2, 0.25) is 0 Å². The highest BCUT2D eigenvalue weighted by atomic mass is 16.5. The first-order chi connectivity index (χ1) is 5.24. The van der Waals surface area contributed by atoms with E-state index in [1.165, 1.54) is 0 Å². The van der Waals surface area contributed by atoms with Gasteiger partial charge < -0.3 is 4.74 Å². The molecule has 0 spiro atoms. The summed E-state index contributed by atoms with van der Waals surface area (Å²) in [6.07, 6.45) is 0. The number of nitrogens with one attached hydrogen (secondary N) is 1. The molecule has 0 aliphatic rings. The van der Waals surface area contributed by atoms with E-state index < -0.39 is 0 Å². The largest absolute Gasteiger partial charge is 0.383 e. The van der Waals surface area contributed by atoms with Crippen LogP contribution in [0.5, 0.6) is 0 Å². The standard InChI is InChI=1S/C7H12N2O2/c1-6-5-7(10)8-9(6)3-4-11-2/h5H,3-4H2,1-2H3,(H,8,10). The third-order valence-corrected chi connectivity index (χ3v) is 1.53. The third-order valence-electron chi connectivity index (χ3n) is 1.53. The molecule has 4 heteroatoms. The number of hydrogen-bond acceptors (Lipinski definition) is 2. The van der Waals surface area contributed by atoms with Gasteiger partial charge in [-0.1, -0.05) is 0 Å². The second-order valence-electron chi connectivity index (χ2n) is 2.41. The normalized spacial score (nSPS) is 10.4. The molecule has 1 aromatic rings. The molecule has 0 aliphatic carbocycles. The number of methoxy groups -OCH3 is 1. The van der Waals surface area contributed by atoms with Gasteiger partial charge in [-0.3, -0.25) is 14.6 Å². The van der Waals surface area contributed by atoms with Crippen molar-refractivity contribution in [1.29, 1.82) is 0 Å². The SMILES string of the molecule is COCCn1[nH]c(=O)cc1C. The van der Waals surface area contributed by atoms with Gasteiger partial charge in [-0.05, 0) is 6.92 Å². The van der Waals surface area contributed by atoms with Crippen LogP contribution >= 0.6 is 0 Å². The van der Waals surface area contributed by atoms with E-state index in [1.54, 1.807) is 17.9 Å². The van der Waals surface area contributed by atoms with Crippen LogP contribution in [0, 0.1) is 6.92 Å². The van der Waals surface area contributed by atoms with E-state index in [2.05, 4.69) is 5.10 Å². The number of rotatable bonds is 3. The Morgan fingerprint density at radius 1 is 1.73 bits per heavy atom. The molecule has 1 aromatic heterocycles. The maximum Gasteiger partial charge on any atom is 0.264 e. The maximum absolute atomic E-state index is 10.8. The molecule has 4 nitrogen and oxygen atoms in total. The number of aromatic nitrogens is 2. The molecule has 0 amide bonds. The number of hydrogen-bond donors (Lipinski definition) is 1. The highest BCUT2D eigenvalue weighted by Crippen LogP contribution is 1.90. The lowest BCUT2D eigenvalue weighted by Gasteiger charge is -2.02. The molecule has 62 valence electrons. The third kappa shape index (κ3) is 1.94. The van der Waals surface area contributed by atoms with Gasteiger partial charge in [0.05, 0.1) is 13.2 Å². The van der Waals surface area contributed by atoms with Crippen molar-refractivity contribution in [2.45, 2.75) is 13.5 Å². The Labute approximate surface area is 64.8 Å².